The van der Waals surface area contributed by atoms with Crippen molar-refractivity contribution in [3.05, 3.63) is 77.2 Å². The van der Waals surface area contributed by atoms with Crippen LogP contribution in [-0.2, 0) is 24.8 Å². The molecule has 0 spiro atoms. The normalized spacial score (nSPS) is 10.6. The summed E-state index contributed by atoms with van der Waals surface area (Å²) < 4.78 is 7.99. The molecule has 0 aliphatic heterocycles. The molecule has 2 heterocycles. The molecule has 0 saturated carbocycles. The number of benzene rings is 1. The lowest BCUT2D eigenvalue weighted by Crippen LogP contribution is -2.24. The zero-order valence-electron chi connectivity index (χ0n) is 15.3. The van der Waals surface area contributed by atoms with Gasteiger partial charge in [-0.2, -0.15) is 0 Å². The van der Waals surface area contributed by atoms with E-state index in [1.165, 1.54) is 0 Å². The van der Waals surface area contributed by atoms with Crippen molar-refractivity contribution in [2.45, 2.75) is 26.8 Å². The van der Waals surface area contributed by atoms with E-state index in [0.717, 1.165) is 28.0 Å². The summed E-state index contributed by atoms with van der Waals surface area (Å²) in [6.45, 7) is 4.39. The first kappa shape index (κ1) is 17.7. The highest BCUT2D eigenvalue weighted by Crippen LogP contribution is 2.29. The van der Waals surface area contributed by atoms with Crippen LogP contribution in [0.4, 0.5) is 0 Å². The molecule has 5 heteroatoms. The van der Waals surface area contributed by atoms with E-state index in [0.29, 0.717) is 18.8 Å². The minimum atomic E-state index is -0.0296. The van der Waals surface area contributed by atoms with Crippen molar-refractivity contribution in [3.63, 3.8) is 0 Å². The maximum absolute atomic E-state index is 12.2. The van der Waals surface area contributed by atoms with Gasteiger partial charge in [0.2, 0.25) is 11.8 Å². The van der Waals surface area contributed by atoms with Crippen molar-refractivity contribution >= 4 is 5.91 Å². The third-order valence-corrected chi connectivity index (χ3v) is 4.19. The summed E-state index contributed by atoms with van der Waals surface area (Å²) in [4.78, 5) is 16.5. The lowest BCUT2D eigenvalue weighted by Gasteiger charge is -2.14. The topological polar surface area (TPSA) is 56.1 Å². The van der Waals surface area contributed by atoms with E-state index >= 15 is 0 Å². The fourth-order valence-electron chi connectivity index (χ4n) is 2.81. The molecule has 2 aromatic heterocycles. The van der Waals surface area contributed by atoms with Crippen LogP contribution >= 0.6 is 0 Å². The van der Waals surface area contributed by atoms with Gasteiger partial charge in [0.05, 0.1) is 6.42 Å². The molecule has 1 aromatic carbocycles. The molecule has 0 atom stereocenters. The van der Waals surface area contributed by atoms with Gasteiger partial charge in [-0.3, -0.25) is 4.79 Å². The van der Waals surface area contributed by atoms with Gasteiger partial charge in [-0.25, -0.2) is 4.98 Å². The van der Waals surface area contributed by atoms with Gasteiger partial charge in [-0.1, -0.05) is 24.3 Å². The van der Waals surface area contributed by atoms with Gasteiger partial charge in [0.25, 0.3) is 0 Å². The van der Waals surface area contributed by atoms with Crippen molar-refractivity contribution in [3.8, 4) is 11.6 Å². The average Bonchev–Trinajstić information content (AvgIpc) is 3.02. The quantitative estimate of drug-likeness (QED) is 0.738. The zero-order valence-corrected chi connectivity index (χ0v) is 15.3. The van der Waals surface area contributed by atoms with E-state index in [9.17, 15) is 4.79 Å². The standard InChI is InChI=1S/C21H23N3O2/c1-15-6-4-7-16(2)20(15)26-21-18(8-5-10-22-21)13-23-19(25)12-17-9-11-24(3)14-17/h4-11,14H,12-13H2,1-3H3,(H,23,25). The Kier molecular flexibility index (Phi) is 5.37. The summed E-state index contributed by atoms with van der Waals surface area (Å²) >= 11 is 0. The number of nitrogens with zero attached hydrogens (tertiary/aromatic N) is 2. The Morgan fingerprint density at radius 3 is 2.62 bits per heavy atom. The molecule has 1 amide bonds. The molecule has 0 fully saturated rings. The first-order valence-corrected chi connectivity index (χ1v) is 8.58. The Hall–Kier alpha value is -3.08. The molecule has 5 nitrogen and oxygen atoms in total. The van der Waals surface area contributed by atoms with Crippen LogP contribution in [0, 0.1) is 13.8 Å². The Morgan fingerprint density at radius 2 is 1.92 bits per heavy atom. The molecule has 3 aromatic rings. The minimum absolute atomic E-state index is 0.0296. The average molecular weight is 349 g/mol. The number of para-hydroxylation sites is 1. The Labute approximate surface area is 153 Å². The number of pyridine rings is 1. The molecule has 0 bridgehead atoms. The number of carbonyl (C=O) groups excluding carboxylic acids is 1. The monoisotopic (exact) mass is 349 g/mol. The van der Waals surface area contributed by atoms with Gasteiger partial charge in [0, 0.05) is 37.7 Å². The summed E-state index contributed by atoms with van der Waals surface area (Å²) in [6, 6.07) is 11.7. The van der Waals surface area contributed by atoms with E-state index in [2.05, 4.69) is 10.3 Å². The number of aryl methyl sites for hydroxylation is 3. The van der Waals surface area contributed by atoms with Crippen molar-refractivity contribution in [1.82, 2.24) is 14.9 Å². The third kappa shape index (κ3) is 4.30. The predicted molar refractivity (Wildman–Crippen MR) is 101 cm³/mol. The van der Waals surface area contributed by atoms with Crippen molar-refractivity contribution in [2.24, 2.45) is 7.05 Å². The maximum Gasteiger partial charge on any atom is 0.224 e. The van der Waals surface area contributed by atoms with E-state index in [1.54, 1.807) is 6.20 Å². The Morgan fingerprint density at radius 1 is 1.15 bits per heavy atom. The molecule has 1 N–H and O–H groups in total. The fourth-order valence-corrected chi connectivity index (χ4v) is 2.81. The summed E-state index contributed by atoms with van der Waals surface area (Å²) in [5, 5.41) is 2.94. The van der Waals surface area contributed by atoms with E-state index in [4.69, 9.17) is 4.74 Å². The number of ether oxygens (including phenoxy) is 1. The molecule has 0 aliphatic rings. The van der Waals surface area contributed by atoms with Crippen molar-refractivity contribution < 1.29 is 9.53 Å². The number of hydrogen-bond donors (Lipinski definition) is 1. The highest BCUT2D eigenvalue weighted by atomic mass is 16.5. The van der Waals surface area contributed by atoms with Crippen LogP contribution in [0.25, 0.3) is 0 Å². The third-order valence-electron chi connectivity index (χ3n) is 4.19. The number of amides is 1. The number of rotatable bonds is 6. The first-order valence-electron chi connectivity index (χ1n) is 8.58. The van der Waals surface area contributed by atoms with Crippen LogP contribution in [-0.4, -0.2) is 15.5 Å². The molecule has 0 saturated heterocycles. The Balaban J connectivity index is 1.68. The van der Waals surface area contributed by atoms with Gasteiger partial charge >= 0.3 is 0 Å². The lowest BCUT2D eigenvalue weighted by atomic mass is 10.1. The van der Waals surface area contributed by atoms with Crippen molar-refractivity contribution in [1.29, 1.82) is 0 Å². The second-order valence-corrected chi connectivity index (χ2v) is 6.43. The summed E-state index contributed by atoms with van der Waals surface area (Å²) in [5.41, 5.74) is 3.93. The summed E-state index contributed by atoms with van der Waals surface area (Å²) in [5.74, 6) is 1.30. The number of carbonyl (C=O) groups is 1. The molecule has 3 rings (SSSR count). The van der Waals surface area contributed by atoms with E-state index in [-0.39, 0.29) is 5.91 Å². The minimum Gasteiger partial charge on any atom is -0.438 e. The number of nitrogens with one attached hydrogen (secondary N) is 1. The van der Waals surface area contributed by atoms with Gasteiger partial charge in [-0.05, 0) is 42.7 Å². The van der Waals surface area contributed by atoms with E-state index in [1.807, 2.05) is 74.3 Å². The maximum atomic E-state index is 12.2. The molecule has 26 heavy (non-hydrogen) atoms. The van der Waals surface area contributed by atoms with E-state index < -0.39 is 0 Å². The van der Waals surface area contributed by atoms with Crippen molar-refractivity contribution in [2.75, 3.05) is 0 Å². The van der Waals surface area contributed by atoms with Crippen LogP contribution in [0.1, 0.15) is 22.3 Å². The SMILES string of the molecule is Cc1cccc(C)c1Oc1ncccc1CNC(=O)Cc1ccn(C)c1. The van der Waals surface area contributed by atoms with Gasteiger partial charge in [0.1, 0.15) is 5.75 Å². The van der Waals surface area contributed by atoms with Crippen LogP contribution in [0.5, 0.6) is 11.6 Å². The molecular formula is C21H23N3O2. The van der Waals surface area contributed by atoms with Crippen LogP contribution in [0.15, 0.2) is 55.0 Å². The predicted octanol–water partition coefficient (Wildman–Crippen LogP) is 3.69. The molecule has 134 valence electrons. The van der Waals surface area contributed by atoms with Crippen LogP contribution in [0.3, 0.4) is 0 Å². The molecule has 0 aliphatic carbocycles. The summed E-state index contributed by atoms with van der Waals surface area (Å²) in [7, 11) is 1.94. The highest BCUT2D eigenvalue weighted by molar-refractivity contribution is 5.78. The second kappa shape index (κ2) is 7.87. The number of hydrogen-bond acceptors (Lipinski definition) is 3. The van der Waals surface area contributed by atoms with Crippen LogP contribution < -0.4 is 10.1 Å². The smallest absolute Gasteiger partial charge is 0.224 e. The Bertz CT molecular complexity index is 895. The van der Waals surface area contributed by atoms with Gasteiger partial charge < -0.3 is 14.6 Å². The number of aromatic nitrogens is 2. The first-order chi connectivity index (χ1) is 12.5. The van der Waals surface area contributed by atoms with Gasteiger partial charge in [0.15, 0.2) is 0 Å². The molecular weight excluding hydrogens is 326 g/mol. The summed E-state index contributed by atoms with van der Waals surface area (Å²) in [6.07, 6.45) is 5.92. The largest absolute Gasteiger partial charge is 0.438 e. The highest BCUT2D eigenvalue weighted by Gasteiger charge is 2.11. The molecule has 0 radical (unpaired) electrons. The lowest BCUT2D eigenvalue weighted by molar-refractivity contribution is -0.120. The van der Waals surface area contributed by atoms with Gasteiger partial charge in [-0.15, -0.1) is 0 Å². The van der Waals surface area contributed by atoms with Crippen LogP contribution in [0.2, 0.25) is 0 Å². The second-order valence-electron chi connectivity index (χ2n) is 6.43. The zero-order chi connectivity index (χ0) is 18.5. The fraction of sp³-hybridized carbons (Fsp3) is 0.238. The molecule has 0 unspecified atom stereocenters.